The van der Waals surface area contributed by atoms with Crippen LogP contribution in [-0.2, 0) is 10.7 Å². The van der Waals surface area contributed by atoms with Gasteiger partial charge in [0.1, 0.15) is 10.7 Å². The maximum Gasteiger partial charge on any atom is 0.266 e. The first-order chi connectivity index (χ1) is 5.04. The van der Waals surface area contributed by atoms with E-state index in [1.54, 1.807) is 0 Å². The highest BCUT2D eigenvalue weighted by Gasteiger charge is 2.02. The Bertz CT molecular complexity index is 199. The van der Waals surface area contributed by atoms with Crippen LogP contribution in [0.1, 0.15) is 19.8 Å². The maximum atomic E-state index is 11.4. The van der Waals surface area contributed by atoms with Crippen molar-refractivity contribution in [2.75, 3.05) is 0 Å². The summed E-state index contributed by atoms with van der Waals surface area (Å²) in [6.07, 6.45) is -0.642. The molecular formula is C6H10F2O2S. The van der Waals surface area contributed by atoms with Gasteiger partial charge < -0.3 is 0 Å². The second-order valence-electron chi connectivity index (χ2n) is 2.21. The first-order valence-electron chi connectivity index (χ1n) is 3.18. The molecule has 0 saturated carbocycles. The minimum atomic E-state index is -2.47. The molecule has 2 nitrogen and oxygen atoms in total. The van der Waals surface area contributed by atoms with Crippen LogP contribution >= 0.6 is 0 Å². The lowest BCUT2D eigenvalue weighted by Gasteiger charge is -1.97. The fourth-order valence-electron chi connectivity index (χ4n) is 0.539. The molecule has 0 aliphatic rings. The zero-order valence-corrected chi connectivity index (χ0v) is 6.98. The van der Waals surface area contributed by atoms with Gasteiger partial charge in [0.25, 0.3) is 6.08 Å². The van der Waals surface area contributed by atoms with E-state index in [4.69, 9.17) is 0 Å². The summed E-state index contributed by atoms with van der Waals surface area (Å²) in [7, 11) is -2.47. The third-order valence-corrected chi connectivity index (χ3v) is 2.22. The third-order valence-electron chi connectivity index (χ3n) is 1.24. The first kappa shape index (κ1) is 10.6. The van der Waals surface area contributed by atoms with Gasteiger partial charge in [0.2, 0.25) is 0 Å². The summed E-state index contributed by atoms with van der Waals surface area (Å²) in [6, 6.07) is 0. The van der Waals surface area contributed by atoms with Crippen molar-refractivity contribution < 1.29 is 17.2 Å². The van der Waals surface area contributed by atoms with Gasteiger partial charge in [-0.05, 0) is 25.8 Å². The Balaban J connectivity index is 3.63. The maximum absolute atomic E-state index is 11.4. The van der Waals surface area contributed by atoms with Gasteiger partial charge in [-0.25, -0.2) is 8.42 Å². The molecule has 0 aromatic heterocycles. The lowest BCUT2D eigenvalue weighted by molar-refractivity contribution is 0.416. The molecule has 0 fully saturated rings. The molecule has 0 aromatic rings. The minimum absolute atomic E-state index is 0.118. The lowest BCUT2D eigenvalue weighted by atomic mass is 10.2. The molecular weight excluding hydrogens is 174 g/mol. The Labute approximate surface area is 65.9 Å². The van der Waals surface area contributed by atoms with Crippen LogP contribution in [0.5, 0.6) is 0 Å². The van der Waals surface area contributed by atoms with Gasteiger partial charge in [-0.2, -0.15) is 8.78 Å². The summed E-state index contributed by atoms with van der Waals surface area (Å²) in [4.78, 5) is 0. The van der Waals surface area contributed by atoms with Gasteiger partial charge in [-0.1, -0.05) is 0 Å². The van der Waals surface area contributed by atoms with Gasteiger partial charge >= 0.3 is 0 Å². The van der Waals surface area contributed by atoms with E-state index in [1.165, 1.54) is 6.92 Å². The molecule has 0 amide bonds. The van der Waals surface area contributed by atoms with Crippen LogP contribution in [0.25, 0.3) is 0 Å². The smallest absolute Gasteiger partial charge is 0.232 e. The minimum Gasteiger partial charge on any atom is -0.232 e. The van der Waals surface area contributed by atoms with Crippen LogP contribution in [0.4, 0.5) is 8.78 Å². The third kappa shape index (κ3) is 5.97. The number of thiol groups is 1. The molecule has 1 atom stereocenters. The molecule has 0 aliphatic carbocycles. The summed E-state index contributed by atoms with van der Waals surface area (Å²) in [5, 5.41) is -0.513. The quantitative estimate of drug-likeness (QED) is 0.672. The highest BCUT2D eigenvalue weighted by molar-refractivity contribution is 7.73. The molecule has 0 bridgehead atoms. The van der Waals surface area contributed by atoms with Crippen LogP contribution in [-0.4, -0.2) is 13.7 Å². The Morgan fingerprint density at radius 2 is 2.09 bits per heavy atom. The second-order valence-corrected chi connectivity index (χ2v) is 3.66. The predicted octanol–water partition coefficient (Wildman–Crippen LogP) is 1.55. The van der Waals surface area contributed by atoms with Crippen LogP contribution in [0.3, 0.4) is 0 Å². The molecule has 0 rings (SSSR count). The average molecular weight is 184 g/mol. The lowest BCUT2D eigenvalue weighted by Crippen LogP contribution is -2.02. The predicted molar refractivity (Wildman–Crippen MR) is 39.3 cm³/mol. The molecule has 11 heavy (non-hydrogen) atoms. The first-order valence-corrected chi connectivity index (χ1v) is 4.43. The molecule has 1 unspecified atom stereocenters. The fraction of sp³-hybridized carbons (Fsp3) is 0.667. The van der Waals surface area contributed by atoms with Gasteiger partial charge in [-0.3, -0.25) is 0 Å². The Hall–Kier alpha value is -0.450. The van der Waals surface area contributed by atoms with Crippen molar-refractivity contribution >= 4 is 10.7 Å². The van der Waals surface area contributed by atoms with Crippen molar-refractivity contribution in [3.05, 3.63) is 12.2 Å². The number of allylic oxidation sites excluding steroid dienone is 1. The van der Waals surface area contributed by atoms with E-state index in [1.807, 2.05) is 0 Å². The summed E-state index contributed by atoms with van der Waals surface area (Å²) in [6.45, 7) is 1.50. The molecule has 0 radical (unpaired) electrons. The molecule has 66 valence electrons. The zero-order chi connectivity index (χ0) is 8.85. The molecule has 0 aliphatic heterocycles. The highest BCUT2D eigenvalue weighted by Crippen LogP contribution is 2.05. The zero-order valence-electron chi connectivity index (χ0n) is 6.09. The second kappa shape index (κ2) is 5.23. The van der Waals surface area contributed by atoms with Crippen LogP contribution < -0.4 is 0 Å². The summed E-state index contributed by atoms with van der Waals surface area (Å²) >= 11 is 0. The topological polar surface area (TPSA) is 34.1 Å². The number of hydrogen-bond donors (Lipinski definition) is 1. The Morgan fingerprint density at radius 1 is 1.55 bits per heavy atom. The van der Waals surface area contributed by atoms with E-state index in [0.29, 0.717) is 0 Å². The van der Waals surface area contributed by atoms with Crippen molar-refractivity contribution in [3.8, 4) is 0 Å². The van der Waals surface area contributed by atoms with Crippen molar-refractivity contribution in [3.63, 3.8) is 0 Å². The van der Waals surface area contributed by atoms with Crippen LogP contribution in [0.15, 0.2) is 12.2 Å². The van der Waals surface area contributed by atoms with E-state index in [0.717, 1.165) is 6.08 Å². The molecule has 0 saturated heterocycles. The van der Waals surface area contributed by atoms with E-state index in [9.17, 15) is 17.2 Å². The van der Waals surface area contributed by atoms with Gasteiger partial charge in [0, 0.05) is 0 Å². The SMILES string of the molecule is CC(CCC=C(F)F)[SH](=O)=O. The molecule has 0 N–H and O–H groups in total. The van der Waals surface area contributed by atoms with E-state index >= 15 is 0 Å². The molecule has 0 spiro atoms. The molecule has 0 heterocycles. The van der Waals surface area contributed by atoms with Gasteiger partial charge in [0.05, 0.1) is 5.25 Å². The van der Waals surface area contributed by atoms with Crippen molar-refractivity contribution in [1.82, 2.24) is 0 Å². The standard InChI is InChI=1S/C6H10F2O2S/c1-5(11(9)10)3-2-4-6(7)8/h4-5,11H,2-3H2,1H3. The average Bonchev–Trinajstić information content (AvgIpc) is 1.86. The normalized spacial score (nSPS) is 13.1. The number of hydrogen-bond acceptors (Lipinski definition) is 2. The number of halogens is 2. The van der Waals surface area contributed by atoms with E-state index < -0.39 is 22.0 Å². The van der Waals surface area contributed by atoms with Crippen molar-refractivity contribution in [1.29, 1.82) is 0 Å². The van der Waals surface area contributed by atoms with Crippen LogP contribution in [0, 0.1) is 0 Å². The van der Waals surface area contributed by atoms with Crippen molar-refractivity contribution in [2.24, 2.45) is 0 Å². The van der Waals surface area contributed by atoms with Crippen molar-refractivity contribution in [2.45, 2.75) is 25.0 Å². The molecule has 5 heteroatoms. The monoisotopic (exact) mass is 184 g/mol. The van der Waals surface area contributed by atoms with E-state index in [2.05, 4.69) is 0 Å². The summed E-state index contributed by atoms with van der Waals surface area (Å²) < 4.78 is 43.2. The summed E-state index contributed by atoms with van der Waals surface area (Å²) in [5.74, 6) is 0. The Kier molecular flexibility index (Phi) is 5.02. The number of rotatable bonds is 4. The molecule has 0 aromatic carbocycles. The Morgan fingerprint density at radius 3 is 2.45 bits per heavy atom. The van der Waals surface area contributed by atoms with Gasteiger partial charge in [0.15, 0.2) is 0 Å². The fourth-order valence-corrected chi connectivity index (χ4v) is 0.899. The van der Waals surface area contributed by atoms with E-state index in [-0.39, 0.29) is 12.8 Å². The van der Waals surface area contributed by atoms with Crippen LogP contribution in [0.2, 0.25) is 0 Å². The summed E-state index contributed by atoms with van der Waals surface area (Å²) in [5.41, 5.74) is 0. The van der Waals surface area contributed by atoms with Gasteiger partial charge in [-0.15, -0.1) is 0 Å². The highest BCUT2D eigenvalue weighted by atomic mass is 32.2. The largest absolute Gasteiger partial charge is 0.266 e.